The number of benzene rings is 1. The molecule has 6 nitrogen and oxygen atoms in total. The summed E-state index contributed by atoms with van der Waals surface area (Å²) >= 11 is 1.28. The number of aryl methyl sites for hydroxylation is 3. The Hall–Kier alpha value is -3.13. The Morgan fingerprint density at radius 2 is 2.00 bits per heavy atom. The largest absolute Gasteiger partial charge is 0.324 e. The van der Waals surface area contributed by atoms with Crippen LogP contribution >= 0.6 is 11.3 Å². The molecule has 1 amide bonds. The molecule has 4 rings (SSSR count). The lowest BCUT2D eigenvalue weighted by Crippen LogP contribution is -2.29. The van der Waals surface area contributed by atoms with Gasteiger partial charge in [-0.05, 0) is 50.6 Å². The van der Waals surface area contributed by atoms with Crippen LogP contribution in [-0.2, 0) is 11.3 Å². The van der Waals surface area contributed by atoms with E-state index in [1.807, 2.05) is 19.9 Å². The Labute approximate surface area is 163 Å². The number of halogens is 1. The van der Waals surface area contributed by atoms with Gasteiger partial charge in [-0.25, -0.2) is 14.4 Å². The standard InChI is InChI=1S/C20H17FN4O2S/c1-10-7-11(2)22-19-16(10)17-18(28-19)20(27)25(12(3)23-17)9-15(26)24-14-6-4-5-13(21)8-14/h4-8H,9H2,1-3H3,(H,24,26). The lowest BCUT2D eigenvalue weighted by Gasteiger charge is -2.10. The molecule has 0 aliphatic rings. The number of aromatic nitrogens is 3. The molecule has 3 heterocycles. The van der Waals surface area contributed by atoms with Crippen LogP contribution in [-0.4, -0.2) is 20.4 Å². The van der Waals surface area contributed by atoms with Gasteiger partial charge in [0.2, 0.25) is 5.91 Å². The van der Waals surface area contributed by atoms with Gasteiger partial charge in [0.1, 0.15) is 27.7 Å². The molecule has 28 heavy (non-hydrogen) atoms. The summed E-state index contributed by atoms with van der Waals surface area (Å²) in [4.78, 5) is 35.3. The summed E-state index contributed by atoms with van der Waals surface area (Å²) in [6.45, 7) is 5.36. The molecule has 0 fully saturated rings. The summed E-state index contributed by atoms with van der Waals surface area (Å²) in [5.74, 6) is -0.438. The molecule has 0 atom stereocenters. The van der Waals surface area contributed by atoms with Gasteiger partial charge in [-0.3, -0.25) is 14.2 Å². The van der Waals surface area contributed by atoms with Crippen LogP contribution in [0.2, 0.25) is 0 Å². The van der Waals surface area contributed by atoms with Crippen molar-refractivity contribution < 1.29 is 9.18 Å². The minimum atomic E-state index is -0.447. The van der Waals surface area contributed by atoms with Crippen LogP contribution in [0.25, 0.3) is 20.4 Å². The first-order chi connectivity index (χ1) is 13.3. The molecular formula is C20H17FN4O2S. The van der Waals surface area contributed by atoms with E-state index in [0.29, 0.717) is 21.7 Å². The first kappa shape index (κ1) is 18.2. The highest BCUT2D eigenvalue weighted by molar-refractivity contribution is 7.25. The maximum atomic E-state index is 13.3. The van der Waals surface area contributed by atoms with Gasteiger partial charge in [0.15, 0.2) is 0 Å². The second-order valence-corrected chi connectivity index (χ2v) is 7.65. The van der Waals surface area contributed by atoms with Gasteiger partial charge in [-0.2, -0.15) is 0 Å². The fourth-order valence-corrected chi connectivity index (χ4v) is 4.45. The average Bonchev–Trinajstić information content (AvgIpc) is 2.97. The highest BCUT2D eigenvalue weighted by atomic mass is 32.1. The van der Waals surface area contributed by atoms with Crippen molar-refractivity contribution in [2.45, 2.75) is 27.3 Å². The van der Waals surface area contributed by atoms with Gasteiger partial charge < -0.3 is 5.32 Å². The maximum absolute atomic E-state index is 13.3. The van der Waals surface area contributed by atoms with Gasteiger partial charge in [0, 0.05) is 16.8 Å². The van der Waals surface area contributed by atoms with Gasteiger partial charge in [-0.15, -0.1) is 11.3 Å². The van der Waals surface area contributed by atoms with Crippen molar-refractivity contribution in [1.82, 2.24) is 14.5 Å². The molecule has 0 spiro atoms. The molecule has 8 heteroatoms. The van der Waals surface area contributed by atoms with Crippen LogP contribution < -0.4 is 10.9 Å². The summed E-state index contributed by atoms with van der Waals surface area (Å²) < 4.78 is 15.1. The zero-order valence-corrected chi connectivity index (χ0v) is 16.4. The third kappa shape index (κ3) is 3.16. The van der Waals surface area contributed by atoms with Gasteiger partial charge in [-0.1, -0.05) is 6.07 Å². The van der Waals surface area contributed by atoms with E-state index in [9.17, 15) is 14.0 Å². The van der Waals surface area contributed by atoms with Gasteiger partial charge in [0.25, 0.3) is 5.56 Å². The number of thiophene rings is 1. The number of anilines is 1. The minimum absolute atomic E-state index is 0.205. The third-order valence-corrected chi connectivity index (χ3v) is 5.54. The number of nitrogens with one attached hydrogen (secondary N) is 1. The molecule has 142 valence electrons. The number of rotatable bonds is 3. The van der Waals surface area contributed by atoms with E-state index in [1.165, 1.54) is 34.1 Å². The van der Waals surface area contributed by atoms with Crippen molar-refractivity contribution >= 4 is 43.4 Å². The van der Waals surface area contributed by atoms with E-state index in [4.69, 9.17) is 0 Å². The Morgan fingerprint density at radius 1 is 1.21 bits per heavy atom. The average molecular weight is 396 g/mol. The second kappa shape index (κ2) is 6.79. The maximum Gasteiger partial charge on any atom is 0.272 e. The van der Waals surface area contributed by atoms with Crippen molar-refractivity contribution in [3.05, 3.63) is 63.6 Å². The van der Waals surface area contributed by atoms with Crippen LogP contribution in [0.3, 0.4) is 0 Å². The van der Waals surface area contributed by atoms with Crippen LogP contribution in [0.4, 0.5) is 10.1 Å². The lowest BCUT2D eigenvalue weighted by molar-refractivity contribution is -0.116. The Bertz CT molecular complexity index is 1310. The fourth-order valence-electron chi connectivity index (χ4n) is 3.26. The van der Waals surface area contributed by atoms with Gasteiger partial charge >= 0.3 is 0 Å². The molecular weight excluding hydrogens is 379 g/mol. The smallest absolute Gasteiger partial charge is 0.272 e. The molecule has 0 radical (unpaired) electrons. The summed E-state index contributed by atoms with van der Waals surface area (Å²) in [7, 11) is 0. The number of carbonyl (C=O) groups is 1. The molecule has 0 unspecified atom stereocenters. The first-order valence-corrected chi connectivity index (χ1v) is 9.48. The molecule has 1 aromatic carbocycles. The number of amides is 1. The predicted octanol–water partition coefficient (Wildman–Crippen LogP) is 3.71. The fraction of sp³-hybridized carbons (Fsp3) is 0.200. The molecule has 0 bridgehead atoms. The zero-order chi connectivity index (χ0) is 20.0. The minimum Gasteiger partial charge on any atom is -0.324 e. The summed E-state index contributed by atoms with van der Waals surface area (Å²) in [5.41, 5.74) is 2.57. The topological polar surface area (TPSA) is 76.9 Å². The molecule has 0 saturated heterocycles. The number of pyridine rings is 1. The number of hydrogen-bond donors (Lipinski definition) is 1. The van der Waals surface area contributed by atoms with E-state index in [2.05, 4.69) is 15.3 Å². The van der Waals surface area contributed by atoms with Crippen molar-refractivity contribution in [1.29, 1.82) is 0 Å². The van der Waals surface area contributed by atoms with Crippen molar-refractivity contribution in [2.24, 2.45) is 0 Å². The number of hydrogen-bond acceptors (Lipinski definition) is 5. The summed E-state index contributed by atoms with van der Waals surface area (Å²) in [6.07, 6.45) is 0. The number of nitrogens with zero attached hydrogens (tertiary/aromatic N) is 3. The van der Waals surface area contributed by atoms with Crippen molar-refractivity contribution in [3.8, 4) is 0 Å². The molecule has 3 aromatic heterocycles. The van der Waals surface area contributed by atoms with E-state index < -0.39 is 11.7 Å². The molecule has 0 saturated carbocycles. The Morgan fingerprint density at radius 3 is 2.75 bits per heavy atom. The van der Waals surface area contributed by atoms with Crippen LogP contribution in [0, 0.1) is 26.6 Å². The van der Waals surface area contributed by atoms with E-state index in [0.717, 1.165) is 21.5 Å². The van der Waals surface area contributed by atoms with Gasteiger partial charge in [0.05, 0.1) is 5.52 Å². The van der Waals surface area contributed by atoms with Crippen LogP contribution in [0.5, 0.6) is 0 Å². The quantitative estimate of drug-likeness (QED) is 0.573. The lowest BCUT2D eigenvalue weighted by atomic mass is 10.1. The second-order valence-electron chi connectivity index (χ2n) is 6.65. The third-order valence-electron chi connectivity index (χ3n) is 4.48. The van der Waals surface area contributed by atoms with Crippen LogP contribution in [0.15, 0.2) is 35.1 Å². The van der Waals surface area contributed by atoms with E-state index >= 15 is 0 Å². The number of carbonyl (C=O) groups excluding carboxylic acids is 1. The monoisotopic (exact) mass is 396 g/mol. The zero-order valence-electron chi connectivity index (χ0n) is 15.5. The highest BCUT2D eigenvalue weighted by Crippen LogP contribution is 2.32. The molecule has 1 N–H and O–H groups in total. The summed E-state index contributed by atoms with van der Waals surface area (Å²) in [6, 6.07) is 7.56. The predicted molar refractivity (Wildman–Crippen MR) is 108 cm³/mol. The Kier molecular flexibility index (Phi) is 4.43. The molecule has 4 aromatic rings. The highest BCUT2D eigenvalue weighted by Gasteiger charge is 2.18. The van der Waals surface area contributed by atoms with Crippen LogP contribution in [0.1, 0.15) is 17.1 Å². The molecule has 0 aliphatic carbocycles. The molecule has 0 aliphatic heterocycles. The van der Waals surface area contributed by atoms with E-state index in [-0.39, 0.29) is 12.1 Å². The SMILES string of the molecule is Cc1cc(C)c2c(n1)sc1c(=O)n(CC(=O)Nc3cccc(F)c3)c(C)nc12. The van der Waals surface area contributed by atoms with Crippen molar-refractivity contribution in [2.75, 3.05) is 5.32 Å². The summed E-state index contributed by atoms with van der Waals surface area (Å²) in [5, 5.41) is 3.48. The first-order valence-electron chi connectivity index (χ1n) is 8.67. The normalized spacial score (nSPS) is 11.3. The van der Waals surface area contributed by atoms with E-state index in [1.54, 1.807) is 13.0 Å². The Balaban J connectivity index is 1.75. The number of fused-ring (bicyclic) bond motifs is 3. The van der Waals surface area contributed by atoms with Crippen molar-refractivity contribution in [3.63, 3.8) is 0 Å².